The second-order valence-electron chi connectivity index (χ2n) is 8.07. The summed E-state index contributed by atoms with van der Waals surface area (Å²) in [6, 6.07) is 0.429. The molecule has 0 spiro atoms. The quantitative estimate of drug-likeness (QED) is 0.824. The van der Waals surface area contributed by atoms with E-state index in [1.54, 1.807) is 0 Å². The minimum Gasteiger partial charge on any atom is -0.381 e. The lowest BCUT2D eigenvalue weighted by atomic mass is 9.98. The van der Waals surface area contributed by atoms with Gasteiger partial charge in [-0.25, -0.2) is 4.98 Å². The van der Waals surface area contributed by atoms with Crippen molar-refractivity contribution in [3.63, 3.8) is 0 Å². The van der Waals surface area contributed by atoms with Crippen molar-refractivity contribution in [3.8, 4) is 0 Å². The molecule has 3 aliphatic rings. The SMILES string of the molecule is CC1c2ncc(CN3CCN(C)CC3)n2CCN1CC1CCOCC1. The largest absolute Gasteiger partial charge is 0.381 e. The molecule has 0 bridgehead atoms. The van der Waals surface area contributed by atoms with E-state index in [1.165, 1.54) is 57.1 Å². The molecule has 4 heterocycles. The highest BCUT2D eigenvalue weighted by Gasteiger charge is 2.29. The van der Waals surface area contributed by atoms with E-state index in [4.69, 9.17) is 9.72 Å². The first-order valence-corrected chi connectivity index (χ1v) is 9.97. The molecule has 1 aromatic rings. The summed E-state index contributed by atoms with van der Waals surface area (Å²) in [6.45, 7) is 13.4. The number of rotatable bonds is 4. The predicted molar refractivity (Wildman–Crippen MR) is 98.5 cm³/mol. The summed E-state index contributed by atoms with van der Waals surface area (Å²) in [5.41, 5.74) is 1.40. The van der Waals surface area contributed by atoms with Gasteiger partial charge in [0.05, 0.1) is 11.7 Å². The van der Waals surface area contributed by atoms with Crippen LogP contribution in [-0.2, 0) is 17.8 Å². The lowest BCUT2D eigenvalue weighted by Crippen LogP contribution is -2.44. The lowest BCUT2D eigenvalue weighted by molar-refractivity contribution is 0.0407. The molecule has 0 radical (unpaired) electrons. The highest BCUT2D eigenvalue weighted by atomic mass is 16.5. The standard InChI is InChI=1S/C19H33N5O/c1-16-19-20-13-18(15-22-7-5-21(2)6-8-22)24(19)10-9-23(16)14-17-3-11-25-12-4-17/h13,16-17H,3-12,14-15H2,1-2H3. The summed E-state index contributed by atoms with van der Waals surface area (Å²) in [6.07, 6.45) is 4.56. The average Bonchev–Trinajstić information content (AvgIpc) is 3.04. The highest BCUT2D eigenvalue weighted by Crippen LogP contribution is 2.28. The minimum absolute atomic E-state index is 0.429. The molecular formula is C19H33N5O. The smallest absolute Gasteiger partial charge is 0.126 e. The molecule has 0 amide bonds. The zero-order valence-corrected chi connectivity index (χ0v) is 15.9. The molecule has 4 rings (SSSR count). The summed E-state index contributed by atoms with van der Waals surface area (Å²) < 4.78 is 8.00. The van der Waals surface area contributed by atoms with Crippen LogP contribution in [0.4, 0.5) is 0 Å². The van der Waals surface area contributed by atoms with Gasteiger partial charge in [0.25, 0.3) is 0 Å². The number of hydrogen-bond donors (Lipinski definition) is 0. The third kappa shape index (κ3) is 3.92. The predicted octanol–water partition coefficient (Wildman–Crippen LogP) is 1.43. The van der Waals surface area contributed by atoms with Crippen LogP contribution in [0.1, 0.15) is 37.3 Å². The van der Waals surface area contributed by atoms with Crippen molar-refractivity contribution in [2.75, 3.05) is 59.5 Å². The lowest BCUT2D eigenvalue weighted by Gasteiger charge is -2.38. The molecule has 0 aromatic carbocycles. The maximum absolute atomic E-state index is 5.51. The maximum Gasteiger partial charge on any atom is 0.126 e. The van der Waals surface area contributed by atoms with Crippen molar-refractivity contribution in [1.82, 2.24) is 24.3 Å². The number of piperazine rings is 1. The van der Waals surface area contributed by atoms with Crippen LogP contribution in [0, 0.1) is 5.92 Å². The number of hydrogen-bond acceptors (Lipinski definition) is 5. The van der Waals surface area contributed by atoms with E-state index in [2.05, 4.69) is 39.4 Å². The molecule has 0 saturated carbocycles. The topological polar surface area (TPSA) is 36.8 Å². The molecule has 2 fully saturated rings. The fourth-order valence-corrected chi connectivity index (χ4v) is 4.48. The van der Waals surface area contributed by atoms with Gasteiger partial charge in [-0.3, -0.25) is 9.80 Å². The van der Waals surface area contributed by atoms with Crippen molar-refractivity contribution in [2.24, 2.45) is 5.92 Å². The molecule has 0 aliphatic carbocycles. The van der Waals surface area contributed by atoms with Crippen molar-refractivity contribution in [3.05, 3.63) is 17.7 Å². The fraction of sp³-hybridized carbons (Fsp3) is 0.842. The van der Waals surface area contributed by atoms with E-state index in [1.807, 2.05) is 0 Å². The van der Waals surface area contributed by atoms with Gasteiger partial charge in [0.15, 0.2) is 0 Å². The number of fused-ring (bicyclic) bond motifs is 1. The second-order valence-corrected chi connectivity index (χ2v) is 8.07. The molecule has 0 N–H and O–H groups in total. The third-order valence-corrected chi connectivity index (χ3v) is 6.32. The Kier molecular flexibility index (Phi) is 5.41. The number of likely N-dealkylation sites (N-methyl/N-ethyl adjacent to an activating group) is 1. The summed E-state index contributed by atoms with van der Waals surface area (Å²) >= 11 is 0. The zero-order chi connectivity index (χ0) is 17.2. The Bertz CT molecular complexity index is 560. The van der Waals surface area contributed by atoms with E-state index in [-0.39, 0.29) is 0 Å². The molecule has 1 atom stereocenters. The van der Waals surface area contributed by atoms with Crippen molar-refractivity contribution in [2.45, 2.75) is 38.9 Å². The van der Waals surface area contributed by atoms with E-state index in [9.17, 15) is 0 Å². The number of imidazole rings is 1. The first-order valence-electron chi connectivity index (χ1n) is 9.97. The highest BCUT2D eigenvalue weighted by molar-refractivity contribution is 5.11. The molecule has 6 heteroatoms. The Morgan fingerprint density at radius 2 is 1.84 bits per heavy atom. The van der Waals surface area contributed by atoms with Crippen LogP contribution in [0.3, 0.4) is 0 Å². The number of ether oxygens (including phenoxy) is 1. The molecule has 1 aromatic heterocycles. The van der Waals surface area contributed by atoms with Gasteiger partial charge in [-0.1, -0.05) is 0 Å². The van der Waals surface area contributed by atoms with Crippen molar-refractivity contribution >= 4 is 0 Å². The molecule has 2 saturated heterocycles. The van der Waals surface area contributed by atoms with Crippen molar-refractivity contribution < 1.29 is 4.74 Å². The molecule has 140 valence electrons. The summed E-state index contributed by atoms with van der Waals surface area (Å²) in [4.78, 5) is 12.4. The maximum atomic E-state index is 5.51. The molecule has 25 heavy (non-hydrogen) atoms. The van der Waals surface area contributed by atoms with Crippen LogP contribution >= 0.6 is 0 Å². The zero-order valence-electron chi connectivity index (χ0n) is 15.9. The van der Waals surface area contributed by atoms with Crippen LogP contribution in [0.15, 0.2) is 6.20 Å². The van der Waals surface area contributed by atoms with Gasteiger partial charge in [-0.15, -0.1) is 0 Å². The Balaban J connectivity index is 1.38. The van der Waals surface area contributed by atoms with E-state index >= 15 is 0 Å². The van der Waals surface area contributed by atoms with Crippen LogP contribution < -0.4 is 0 Å². The van der Waals surface area contributed by atoms with Gasteiger partial charge in [0.1, 0.15) is 5.82 Å². The molecule has 6 nitrogen and oxygen atoms in total. The normalized spacial score (nSPS) is 27.5. The van der Waals surface area contributed by atoms with E-state index in [0.29, 0.717) is 6.04 Å². The molecule has 3 aliphatic heterocycles. The Morgan fingerprint density at radius 1 is 1.08 bits per heavy atom. The van der Waals surface area contributed by atoms with Gasteiger partial charge in [0.2, 0.25) is 0 Å². The fourth-order valence-electron chi connectivity index (χ4n) is 4.48. The van der Waals surface area contributed by atoms with Crippen molar-refractivity contribution in [1.29, 1.82) is 0 Å². The van der Waals surface area contributed by atoms with Gasteiger partial charge in [-0.05, 0) is 32.7 Å². The Hall–Kier alpha value is -0.950. The van der Waals surface area contributed by atoms with Gasteiger partial charge in [-0.2, -0.15) is 0 Å². The summed E-state index contributed by atoms with van der Waals surface area (Å²) in [5.74, 6) is 2.06. The Labute approximate surface area is 151 Å². The summed E-state index contributed by atoms with van der Waals surface area (Å²) in [7, 11) is 2.22. The van der Waals surface area contributed by atoms with Crippen LogP contribution in [0.25, 0.3) is 0 Å². The van der Waals surface area contributed by atoms with Crippen LogP contribution in [-0.4, -0.2) is 83.8 Å². The third-order valence-electron chi connectivity index (χ3n) is 6.32. The molecular weight excluding hydrogens is 314 g/mol. The second kappa shape index (κ2) is 7.74. The first-order chi connectivity index (χ1) is 12.2. The van der Waals surface area contributed by atoms with Gasteiger partial charge < -0.3 is 14.2 Å². The average molecular weight is 348 g/mol. The minimum atomic E-state index is 0.429. The first kappa shape index (κ1) is 17.5. The monoisotopic (exact) mass is 347 g/mol. The van der Waals surface area contributed by atoms with Gasteiger partial charge in [0, 0.05) is 71.8 Å². The van der Waals surface area contributed by atoms with Crippen LogP contribution in [0.5, 0.6) is 0 Å². The Morgan fingerprint density at radius 3 is 2.60 bits per heavy atom. The van der Waals surface area contributed by atoms with Gasteiger partial charge >= 0.3 is 0 Å². The molecule has 1 unspecified atom stereocenters. The number of nitrogens with zero attached hydrogens (tertiary/aromatic N) is 5. The summed E-state index contributed by atoms with van der Waals surface area (Å²) in [5, 5.41) is 0. The number of aromatic nitrogens is 2. The van der Waals surface area contributed by atoms with E-state index < -0.39 is 0 Å². The van der Waals surface area contributed by atoms with E-state index in [0.717, 1.165) is 38.8 Å². The van der Waals surface area contributed by atoms with Crippen LogP contribution in [0.2, 0.25) is 0 Å².